The smallest absolute Gasteiger partial charge is 0.157 e. The van der Waals surface area contributed by atoms with Crippen molar-refractivity contribution in [3.63, 3.8) is 0 Å². The Bertz CT molecular complexity index is 714. The van der Waals surface area contributed by atoms with Crippen molar-refractivity contribution >= 4 is 17.2 Å². The molecule has 1 aromatic carbocycles. The molecule has 2 heterocycles. The van der Waals surface area contributed by atoms with Crippen LogP contribution in [0.25, 0.3) is 16.9 Å². The van der Waals surface area contributed by atoms with Crippen LogP contribution in [0, 0.1) is 0 Å². The molecule has 0 aliphatic rings. The summed E-state index contributed by atoms with van der Waals surface area (Å²) in [5.74, 6) is 0.530. The molecule has 4 heteroatoms. The van der Waals surface area contributed by atoms with E-state index in [-0.39, 0.29) is 0 Å². The van der Waals surface area contributed by atoms with E-state index in [4.69, 9.17) is 11.6 Å². The first-order chi connectivity index (χ1) is 9.15. The summed E-state index contributed by atoms with van der Waals surface area (Å²) in [6.45, 7) is 4.37. The molecule has 0 amide bonds. The Labute approximate surface area is 116 Å². The van der Waals surface area contributed by atoms with Crippen molar-refractivity contribution in [2.45, 2.75) is 19.8 Å². The van der Waals surface area contributed by atoms with Crippen LogP contribution in [0.3, 0.4) is 0 Å². The van der Waals surface area contributed by atoms with Gasteiger partial charge < -0.3 is 0 Å². The third-order valence-corrected chi connectivity index (χ3v) is 3.46. The lowest BCUT2D eigenvalue weighted by atomic mass is 10.0. The molecular weight excluding hydrogens is 258 g/mol. The molecule has 3 nitrogen and oxygen atoms in total. The Morgan fingerprint density at radius 2 is 1.84 bits per heavy atom. The SMILES string of the molecule is CC(C)c1ccc(-c2cc(Cl)n3nccc3n2)cc1. The van der Waals surface area contributed by atoms with Gasteiger partial charge in [0.05, 0.1) is 11.9 Å². The lowest BCUT2D eigenvalue weighted by Gasteiger charge is -2.07. The number of hydrogen-bond donors (Lipinski definition) is 0. The van der Waals surface area contributed by atoms with E-state index >= 15 is 0 Å². The Hall–Kier alpha value is -1.87. The maximum Gasteiger partial charge on any atom is 0.157 e. The molecule has 0 saturated heterocycles. The molecule has 96 valence electrons. The second kappa shape index (κ2) is 4.67. The topological polar surface area (TPSA) is 30.2 Å². The Morgan fingerprint density at radius 1 is 1.11 bits per heavy atom. The van der Waals surface area contributed by atoms with Crippen molar-refractivity contribution in [2.75, 3.05) is 0 Å². The monoisotopic (exact) mass is 271 g/mol. The van der Waals surface area contributed by atoms with E-state index in [2.05, 4.69) is 48.2 Å². The molecule has 0 aliphatic heterocycles. The van der Waals surface area contributed by atoms with Gasteiger partial charge in [0.15, 0.2) is 5.65 Å². The molecule has 0 N–H and O–H groups in total. The Balaban J connectivity index is 2.08. The van der Waals surface area contributed by atoms with Crippen LogP contribution in [0.2, 0.25) is 5.15 Å². The van der Waals surface area contributed by atoms with Crippen molar-refractivity contribution in [1.82, 2.24) is 14.6 Å². The lowest BCUT2D eigenvalue weighted by Crippen LogP contribution is -1.94. The summed E-state index contributed by atoms with van der Waals surface area (Å²) in [5, 5.41) is 4.68. The maximum atomic E-state index is 6.20. The Morgan fingerprint density at radius 3 is 2.53 bits per heavy atom. The average molecular weight is 272 g/mol. The van der Waals surface area contributed by atoms with E-state index in [9.17, 15) is 0 Å². The largest absolute Gasteiger partial charge is 0.228 e. The summed E-state index contributed by atoms with van der Waals surface area (Å²) in [7, 11) is 0. The van der Waals surface area contributed by atoms with Gasteiger partial charge in [-0.05, 0) is 11.5 Å². The summed E-state index contributed by atoms with van der Waals surface area (Å²) in [4.78, 5) is 4.56. The highest BCUT2D eigenvalue weighted by molar-refractivity contribution is 6.30. The van der Waals surface area contributed by atoms with E-state index in [0.717, 1.165) is 16.9 Å². The van der Waals surface area contributed by atoms with Crippen LogP contribution in [-0.2, 0) is 0 Å². The number of benzene rings is 1. The van der Waals surface area contributed by atoms with Gasteiger partial charge in [0.1, 0.15) is 5.15 Å². The van der Waals surface area contributed by atoms with Gasteiger partial charge in [-0.15, -0.1) is 0 Å². The zero-order valence-corrected chi connectivity index (χ0v) is 11.6. The third-order valence-electron chi connectivity index (χ3n) is 3.19. The number of nitrogens with zero attached hydrogens (tertiary/aromatic N) is 3. The van der Waals surface area contributed by atoms with Gasteiger partial charge in [-0.2, -0.15) is 5.10 Å². The zero-order valence-electron chi connectivity index (χ0n) is 10.8. The van der Waals surface area contributed by atoms with E-state index in [1.54, 1.807) is 10.7 Å². The van der Waals surface area contributed by atoms with Crippen molar-refractivity contribution in [3.8, 4) is 11.3 Å². The zero-order chi connectivity index (χ0) is 13.4. The minimum atomic E-state index is 0.530. The normalized spacial score (nSPS) is 11.4. The first-order valence-electron chi connectivity index (χ1n) is 6.26. The van der Waals surface area contributed by atoms with Crippen LogP contribution in [0.15, 0.2) is 42.6 Å². The number of halogens is 1. The third kappa shape index (κ3) is 2.22. The van der Waals surface area contributed by atoms with Gasteiger partial charge in [0.25, 0.3) is 0 Å². The van der Waals surface area contributed by atoms with Crippen LogP contribution < -0.4 is 0 Å². The first-order valence-corrected chi connectivity index (χ1v) is 6.63. The van der Waals surface area contributed by atoms with E-state index in [0.29, 0.717) is 11.1 Å². The molecule has 0 unspecified atom stereocenters. The number of rotatable bonds is 2. The number of aromatic nitrogens is 3. The average Bonchev–Trinajstić information content (AvgIpc) is 2.87. The second-order valence-electron chi connectivity index (χ2n) is 4.84. The quantitative estimate of drug-likeness (QED) is 0.655. The van der Waals surface area contributed by atoms with E-state index < -0.39 is 0 Å². The first kappa shape index (κ1) is 12.2. The molecule has 19 heavy (non-hydrogen) atoms. The van der Waals surface area contributed by atoms with Gasteiger partial charge in [0, 0.05) is 17.7 Å². The fourth-order valence-electron chi connectivity index (χ4n) is 2.06. The van der Waals surface area contributed by atoms with Crippen LogP contribution in [0.4, 0.5) is 0 Å². The molecule has 3 aromatic rings. The molecule has 0 radical (unpaired) electrons. The summed E-state index contributed by atoms with van der Waals surface area (Å²) in [5.41, 5.74) is 4.01. The molecule has 0 saturated carbocycles. The fourth-order valence-corrected chi connectivity index (χ4v) is 2.30. The van der Waals surface area contributed by atoms with Crippen molar-refractivity contribution in [1.29, 1.82) is 0 Å². The van der Waals surface area contributed by atoms with Crippen LogP contribution in [-0.4, -0.2) is 14.6 Å². The molecule has 2 aromatic heterocycles. The summed E-state index contributed by atoms with van der Waals surface area (Å²) < 4.78 is 1.62. The second-order valence-corrected chi connectivity index (χ2v) is 5.23. The predicted molar refractivity (Wildman–Crippen MR) is 77.5 cm³/mol. The van der Waals surface area contributed by atoms with Gasteiger partial charge >= 0.3 is 0 Å². The molecule has 0 bridgehead atoms. The van der Waals surface area contributed by atoms with Gasteiger partial charge in [-0.1, -0.05) is 49.7 Å². The minimum absolute atomic E-state index is 0.530. The van der Waals surface area contributed by atoms with E-state index in [1.165, 1.54) is 5.56 Å². The van der Waals surface area contributed by atoms with Crippen molar-refractivity contribution < 1.29 is 0 Å². The summed E-state index contributed by atoms with van der Waals surface area (Å²) in [6, 6.07) is 12.1. The summed E-state index contributed by atoms with van der Waals surface area (Å²) in [6.07, 6.45) is 1.69. The fraction of sp³-hybridized carbons (Fsp3) is 0.200. The molecule has 0 spiro atoms. The summed E-state index contributed by atoms with van der Waals surface area (Å²) >= 11 is 6.20. The molecule has 0 aliphatic carbocycles. The molecule has 3 rings (SSSR count). The minimum Gasteiger partial charge on any atom is -0.228 e. The van der Waals surface area contributed by atoms with Crippen LogP contribution >= 0.6 is 11.6 Å². The maximum absolute atomic E-state index is 6.20. The highest BCUT2D eigenvalue weighted by Gasteiger charge is 2.07. The molecular formula is C15H14ClN3. The lowest BCUT2D eigenvalue weighted by molar-refractivity contribution is 0.867. The van der Waals surface area contributed by atoms with Gasteiger partial charge in [-0.25, -0.2) is 9.50 Å². The highest BCUT2D eigenvalue weighted by Crippen LogP contribution is 2.24. The van der Waals surface area contributed by atoms with Crippen molar-refractivity contribution in [2.24, 2.45) is 0 Å². The van der Waals surface area contributed by atoms with E-state index in [1.807, 2.05) is 12.1 Å². The van der Waals surface area contributed by atoms with Gasteiger partial charge in [0.2, 0.25) is 0 Å². The molecule has 0 fully saturated rings. The standard InChI is InChI=1S/C15H14ClN3/c1-10(2)11-3-5-12(6-4-11)13-9-14(16)19-15(18-13)7-8-17-19/h3-10H,1-2H3. The van der Waals surface area contributed by atoms with Gasteiger partial charge in [-0.3, -0.25) is 0 Å². The number of hydrogen-bond acceptors (Lipinski definition) is 2. The highest BCUT2D eigenvalue weighted by atomic mass is 35.5. The number of fused-ring (bicyclic) bond motifs is 1. The predicted octanol–water partition coefficient (Wildman–Crippen LogP) is 4.17. The van der Waals surface area contributed by atoms with Crippen molar-refractivity contribution in [3.05, 3.63) is 53.3 Å². The Kier molecular flexibility index (Phi) is 2.99. The van der Waals surface area contributed by atoms with Crippen LogP contribution in [0.1, 0.15) is 25.3 Å². The molecule has 0 atom stereocenters. The van der Waals surface area contributed by atoms with Crippen LogP contribution in [0.5, 0.6) is 0 Å².